The Morgan fingerprint density at radius 1 is 1.33 bits per heavy atom. The molecule has 0 heterocycles. The summed E-state index contributed by atoms with van der Waals surface area (Å²) < 4.78 is 9.20. The standard InChI is InChI=1S/C8H15NO4.C3H6.C2H6.H2/c1-8(2,3)13-7(11)9-5-6(10)12-4;1-3-2;1-2;/h5H2,1-4H3,(H,9,11);3H,1H2,2H3;1-2H3;1H. The van der Waals surface area contributed by atoms with Crippen LogP contribution in [0.4, 0.5) is 4.79 Å². The highest BCUT2D eigenvalue weighted by Gasteiger charge is 2.16. The van der Waals surface area contributed by atoms with Crippen molar-refractivity contribution in [3.05, 3.63) is 12.7 Å². The van der Waals surface area contributed by atoms with Crippen LogP contribution in [0.1, 0.15) is 43.0 Å². The number of rotatable bonds is 2. The Morgan fingerprint density at radius 3 is 2.00 bits per heavy atom. The highest BCUT2D eigenvalue weighted by molar-refractivity contribution is 5.77. The van der Waals surface area contributed by atoms with E-state index in [1.165, 1.54) is 7.11 Å². The summed E-state index contributed by atoms with van der Waals surface area (Å²) in [6.07, 6.45) is 1.12. The molecule has 0 aromatic rings. The maximum absolute atomic E-state index is 10.9. The second-order valence-corrected chi connectivity index (χ2v) is 3.84. The Morgan fingerprint density at radius 2 is 1.72 bits per heavy atom. The highest BCUT2D eigenvalue weighted by Crippen LogP contribution is 2.05. The molecule has 0 radical (unpaired) electrons. The Hall–Kier alpha value is -1.52. The van der Waals surface area contributed by atoms with Crippen LogP contribution in [0, 0.1) is 0 Å². The lowest BCUT2D eigenvalue weighted by Gasteiger charge is -2.19. The predicted molar refractivity (Wildman–Crippen MR) is 75.6 cm³/mol. The molecule has 0 aliphatic rings. The molecule has 0 aliphatic heterocycles. The first kappa shape index (κ1) is 21.7. The van der Waals surface area contributed by atoms with Crippen LogP contribution in [0.5, 0.6) is 0 Å². The van der Waals surface area contributed by atoms with Gasteiger partial charge in [-0.05, 0) is 27.7 Å². The second-order valence-electron chi connectivity index (χ2n) is 3.84. The molecule has 0 bridgehead atoms. The fourth-order valence-electron chi connectivity index (χ4n) is 0.531. The van der Waals surface area contributed by atoms with Crippen molar-refractivity contribution in [2.45, 2.75) is 47.1 Å². The molecule has 0 aromatic carbocycles. The normalized spacial score (nSPS) is 8.61. The number of allylic oxidation sites excluding steroid dienone is 1. The molecule has 0 saturated heterocycles. The first-order valence-electron chi connectivity index (χ1n) is 5.87. The van der Waals surface area contributed by atoms with Gasteiger partial charge in [0.1, 0.15) is 12.1 Å². The molecule has 0 atom stereocenters. The van der Waals surface area contributed by atoms with Gasteiger partial charge in [-0.2, -0.15) is 0 Å². The van der Waals surface area contributed by atoms with E-state index in [0.29, 0.717) is 0 Å². The van der Waals surface area contributed by atoms with Crippen LogP contribution >= 0.6 is 0 Å². The summed E-state index contributed by atoms with van der Waals surface area (Å²) in [6, 6.07) is 0. The Kier molecular flexibility index (Phi) is 16.4. The van der Waals surface area contributed by atoms with Crippen LogP contribution in [0.3, 0.4) is 0 Å². The zero-order valence-corrected chi connectivity index (χ0v) is 12.6. The summed E-state index contributed by atoms with van der Waals surface area (Å²) in [5, 5.41) is 2.25. The highest BCUT2D eigenvalue weighted by atomic mass is 16.6. The minimum Gasteiger partial charge on any atom is -0.468 e. The van der Waals surface area contributed by atoms with E-state index in [9.17, 15) is 9.59 Å². The van der Waals surface area contributed by atoms with Crippen molar-refractivity contribution in [2.24, 2.45) is 0 Å². The van der Waals surface area contributed by atoms with Crippen molar-refractivity contribution < 1.29 is 20.5 Å². The Bertz CT molecular complexity index is 237. The molecule has 0 unspecified atom stereocenters. The van der Waals surface area contributed by atoms with Gasteiger partial charge in [-0.3, -0.25) is 4.79 Å². The minimum absolute atomic E-state index is 0. The first-order chi connectivity index (χ1) is 8.26. The van der Waals surface area contributed by atoms with Crippen LogP contribution in [0.15, 0.2) is 12.7 Å². The fraction of sp³-hybridized carbons (Fsp3) is 0.692. The van der Waals surface area contributed by atoms with Crippen LogP contribution in [-0.4, -0.2) is 31.3 Å². The first-order valence-corrected chi connectivity index (χ1v) is 5.87. The van der Waals surface area contributed by atoms with Crippen molar-refractivity contribution in [3.63, 3.8) is 0 Å². The van der Waals surface area contributed by atoms with Crippen molar-refractivity contribution in [3.8, 4) is 0 Å². The average Bonchev–Trinajstić information content (AvgIpc) is 2.27. The lowest BCUT2D eigenvalue weighted by atomic mass is 10.2. The van der Waals surface area contributed by atoms with Crippen molar-refractivity contribution >= 4 is 12.1 Å². The number of carbonyl (C=O) groups is 2. The molecule has 1 N–H and O–H groups in total. The summed E-state index contributed by atoms with van der Waals surface area (Å²) in [4.78, 5) is 21.5. The van der Waals surface area contributed by atoms with Gasteiger partial charge >= 0.3 is 12.1 Å². The van der Waals surface area contributed by atoms with Gasteiger partial charge in [-0.25, -0.2) is 4.79 Å². The van der Waals surface area contributed by atoms with Gasteiger partial charge in [0.25, 0.3) is 0 Å². The number of esters is 1. The number of hydrogen-bond acceptors (Lipinski definition) is 4. The number of carbonyl (C=O) groups excluding carboxylic acids is 2. The number of alkyl carbamates (subject to hydrolysis) is 1. The van der Waals surface area contributed by atoms with E-state index in [4.69, 9.17) is 4.74 Å². The second kappa shape index (κ2) is 13.5. The van der Waals surface area contributed by atoms with Crippen LogP contribution in [0.2, 0.25) is 0 Å². The molecule has 0 aliphatic carbocycles. The van der Waals surface area contributed by atoms with Crippen LogP contribution in [-0.2, 0) is 14.3 Å². The van der Waals surface area contributed by atoms with E-state index < -0.39 is 17.7 Å². The SMILES string of the molecule is C=CC.CC.COC(=O)CNC(=O)OC(C)(C)C.[HH]. The van der Waals surface area contributed by atoms with Gasteiger partial charge in [0.2, 0.25) is 0 Å². The summed E-state index contributed by atoms with van der Waals surface area (Å²) in [7, 11) is 1.25. The van der Waals surface area contributed by atoms with Gasteiger partial charge in [0.15, 0.2) is 0 Å². The van der Waals surface area contributed by atoms with Gasteiger partial charge < -0.3 is 14.8 Å². The van der Waals surface area contributed by atoms with Crippen molar-refractivity contribution in [2.75, 3.05) is 13.7 Å². The molecule has 110 valence electrons. The quantitative estimate of drug-likeness (QED) is 0.614. The molecular formula is C13H29NO4. The van der Waals surface area contributed by atoms with Gasteiger partial charge in [-0.1, -0.05) is 19.9 Å². The molecule has 0 saturated carbocycles. The number of methoxy groups -OCH3 is 1. The molecule has 0 rings (SSSR count). The van der Waals surface area contributed by atoms with Crippen molar-refractivity contribution in [1.82, 2.24) is 5.32 Å². The zero-order valence-electron chi connectivity index (χ0n) is 12.6. The molecular weight excluding hydrogens is 234 g/mol. The van der Waals surface area contributed by atoms with E-state index in [-0.39, 0.29) is 7.97 Å². The molecule has 0 fully saturated rings. The Balaban J connectivity index is -0.000000164. The molecule has 18 heavy (non-hydrogen) atoms. The van der Waals surface area contributed by atoms with Crippen LogP contribution < -0.4 is 5.32 Å². The average molecular weight is 263 g/mol. The summed E-state index contributed by atoms with van der Waals surface area (Å²) in [6.45, 7) is 14.3. The maximum atomic E-state index is 10.9. The molecule has 0 spiro atoms. The van der Waals surface area contributed by atoms with Gasteiger partial charge in [-0.15, -0.1) is 6.58 Å². The van der Waals surface area contributed by atoms with E-state index >= 15 is 0 Å². The predicted octanol–water partition coefficient (Wildman–Crippen LogP) is 3.15. The Labute approximate surface area is 112 Å². The summed E-state index contributed by atoms with van der Waals surface area (Å²) in [5.74, 6) is -0.508. The third kappa shape index (κ3) is 24.0. The molecule has 1 amide bonds. The smallest absolute Gasteiger partial charge is 0.408 e. The third-order valence-corrected chi connectivity index (χ3v) is 1.00. The van der Waals surface area contributed by atoms with Gasteiger partial charge in [0, 0.05) is 1.43 Å². The topological polar surface area (TPSA) is 64.6 Å². The van der Waals surface area contributed by atoms with E-state index in [1.807, 2.05) is 20.8 Å². The number of amides is 1. The summed E-state index contributed by atoms with van der Waals surface area (Å²) >= 11 is 0. The van der Waals surface area contributed by atoms with Crippen molar-refractivity contribution in [1.29, 1.82) is 0 Å². The number of hydrogen-bond donors (Lipinski definition) is 1. The minimum atomic E-state index is -0.627. The zero-order chi connectivity index (χ0) is 15.2. The van der Waals surface area contributed by atoms with E-state index in [2.05, 4.69) is 16.6 Å². The molecule has 5 heteroatoms. The van der Waals surface area contributed by atoms with Gasteiger partial charge in [0.05, 0.1) is 7.11 Å². The fourth-order valence-corrected chi connectivity index (χ4v) is 0.531. The third-order valence-electron chi connectivity index (χ3n) is 1.00. The van der Waals surface area contributed by atoms with E-state index in [1.54, 1.807) is 26.8 Å². The number of nitrogens with one attached hydrogen (secondary N) is 1. The lowest BCUT2D eigenvalue weighted by molar-refractivity contribution is -0.139. The summed E-state index contributed by atoms with van der Waals surface area (Å²) in [5.41, 5.74) is -0.555. The maximum Gasteiger partial charge on any atom is 0.408 e. The molecule has 5 nitrogen and oxygen atoms in total. The van der Waals surface area contributed by atoms with Crippen LogP contribution in [0.25, 0.3) is 0 Å². The lowest BCUT2D eigenvalue weighted by Crippen LogP contribution is -2.35. The van der Waals surface area contributed by atoms with E-state index in [0.717, 1.165) is 0 Å². The largest absolute Gasteiger partial charge is 0.468 e. The molecule has 0 aromatic heterocycles. The monoisotopic (exact) mass is 263 g/mol. The number of ether oxygens (including phenoxy) is 2.